The summed E-state index contributed by atoms with van der Waals surface area (Å²) >= 11 is 0. The standard InChI is InChI=1S/C46H28O/c1-3-17-33-29(12-1)14-10-24-36(33)44-39-21-7-5-19-37(39)43(38-20-6-8-22-40(38)44)32-16-9-15-31(28-32)35-23-11-25-41-45-34-18-4-2-13-30(34)26-27-42(45)47-46(35)41/h1-28H/i1D,2D,3D,4D,5D,6D,7D,8D,9D,10D,11D,12D,13D,14D,15D,16D,17D,18D,19D,20D,21D,22D,23D,24D,25D,26D,27D,28D. The normalized spacial score (nSPS) is 20.2. The largest absolute Gasteiger partial charge is 0.455 e. The summed E-state index contributed by atoms with van der Waals surface area (Å²) in [4.78, 5) is 0. The number of rotatable bonds is 3. The van der Waals surface area contributed by atoms with E-state index >= 15 is 0 Å². The Labute approximate surface area is 311 Å². The molecule has 0 saturated heterocycles. The fourth-order valence-corrected chi connectivity index (χ4v) is 5.87. The van der Waals surface area contributed by atoms with Crippen molar-refractivity contribution in [1.82, 2.24) is 0 Å². The second-order valence-electron chi connectivity index (χ2n) is 10.3. The number of benzene rings is 9. The van der Waals surface area contributed by atoms with Crippen molar-refractivity contribution >= 4 is 65.0 Å². The van der Waals surface area contributed by atoms with Gasteiger partial charge in [0.15, 0.2) is 0 Å². The van der Waals surface area contributed by atoms with E-state index in [9.17, 15) is 13.7 Å². The van der Waals surface area contributed by atoms with Crippen molar-refractivity contribution in [2.24, 2.45) is 0 Å². The second-order valence-corrected chi connectivity index (χ2v) is 10.3. The zero-order valence-corrected chi connectivity index (χ0v) is 23.4. The zero-order chi connectivity index (χ0) is 55.3. The molecule has 0 aliphatic rings. The number of hydrogen-bond acceptors (Lipinski definition) is 1. The zero-order valence-electron chi connectivity index (χ0n) is 51.4. The van der Waals surface area contributed by atoms with Gasteiger partial charge in [-0.1, -0.05) is 157 Å². The second kappa shape index (κ2) is 10.2. The molecule has 0 amide bonds. The van der Waals surface area contributed by atoms with Crippen LogP contribution in [0.15, 0.2) is 174 Å². The summed E-state index contributed by atoms with van der Waals surface area (Å²) in [6.45, 7) is 0. The fraction of sp³-hybridized carbons (Fsp3) is 0. The smallest absolute Gasteiger partial charge is 0.143 e. The first kappa shape index (κ1) is 10.7. The summed E-state index contributed by atoms with van der Waals surface area (Å²) in [5.74, 6) is 0. The molecule has 1 nitrogen and oxygen atoms in total. The van der Waals surface area contributed by atoms with Crippen LogP contribution in [0.4, 0.5) is 0 Å². The van der Waals surface area contributed by atoms with Gasteiger partial charge in [0.1, 0.15) is 11.2 Å². The lowest BCUT2D eigenvalue weighted by atomic mass is 9.84. The van der Waals surface area contributed by atoms with Gasteiger partial charge < -0.3 is 4.42 Å². The number of furan rings is 1. The first-order valence-electron chi connectivity index (χ1n) is 27.9. The van der Waals surface area contributed by atoms with Crippen LogP contribution < -0.4 is 0 Å². The Balaban J connectivity index is 1.50. The predicted octanol–water partition coefficient (Wildman–Crippen LogP) is 13.2. The molecule has 1 heterocycles. The summed E-state index contributed by atoms with van der Waals surface area (Å²) in [5.41, 5.74) is -6.02. The van der Waals surface area contributed by atoms with E-state index in [-0.39, 0.29) is 0 Å². The van der Waals surface area contributed by atoms with E-state index in [1.807, 2.05) is 0 Å². The highest BCUT2D eigenvalue weighted by Gasteiger charge is 2.19. The first-order chi connectivity index (χ1) is 35.0. The Bertz CT molecular complexity index is 4350. The summed E-state index contributed by atoms with van der Waals surface area (Å²) in [5, 5.41) is -6.16. The first-order valence-corrected chi connectivity index (χ1v) is 13.9. The summed E-state index contributed by atoms with van der Waals surface area (Å²) in [6.07, 6.45) is 0. The predicted molar refractivity (Wildman–Crippen MR) is 200 cm³/mol. The molecule has 47 heavy (non-hydrogen) atoms. The topological polar surface area (TPSA) is 13.1 Å². The van der Waals surface area contributed by atoms with Crippen molar-refractivity contribution in [3.05, 3.63) is 169 Å². The van der Waals surface area contributed by atoms with E-state index in [2.05, 4.69) is 0 Å². The molecule has 0 fully saturated rings. The highest BCUT2D eigenvalue weighted by Crippen LogP contribution is 2.46. The summed E-state index contributed by atoms with van der Waals surface area (Å²) in [6, 6.07) is -26.1. The van der Waals surface area contributed by atoms with E-state index < -0.39 is 268 Å². The van der Waals surface area contributed by atoms with Crippen molar-refractivity contribution in [3.63, 3.8) is 0 Å². The maximum atomic E-state index is 9.98. The third kappa shape index (κ3) is 3.90. The average Bonchev–Trinajstić information content (AvgIpc) is 3.78. The lowest BCUT2D eigenvalue weighted by molar-refractivity contribution is 0.670. The van der Waals surface area contributed by atoms with Crippen molar-refractivity contribution in [2.75, 3.05) is 0 Å². The van der Waals surface area contributed by atoms with Gasteiger partial charge in [0, 0.05) is 16.3 Å². The highest BCUT2D eigenvalue weighted by atomic mass is 16.3. The quantitative estimate of drug-likeness (QED) is 0.178. The molecule has 1 aromatic heterocycles. The number of para-hydroxylation sites is 1. The van der Waals surface area contributed by atoms with Crippen LogP contribution in [0.2, 0.25) is 0 Å². The highest BCUT2D eigenvalue weighted by molar-refractivity contribution is 6.24. The molecule has 10 rings (SSSR count). The molecule has 0 aliphatic carbocycles. The van der Waals surface area contributed by atoms with Crippen LogP contribution in [-0.2, 0) is 0 Å². The molecule has 0 N–H and O–H groups in total. The van der Waals surface area contributed by atoms with Crippen molar-refractivity contribution in [1.29, 1.82) is 0 Å². The molecular weight excluding hydrogens is 569 g/mol. The van der Waals surface area contributed by atoms with Gasteiger partial charge in [-0.15, -0.1) is 0 Å². The lowest BCUT2D eigenvalue weighted by Gasteiger charge is -2.19. The molecule has 218 valence electrons. The van der Waals surface area contributed by atoms with Gasteiger partial charge in [-0.25, -0.2) is 0 Å². The molecule has 0 aliphatic heterocycles. The molecule has 0 radical (unpaired) electrons. The van der Waals surface area contributed by atoms with Crippen LogP contribution in [0.5, 0.6) is 0 Å². The maximum absolute atomic E-state index is 9.98. The molecule has 10 aromatic rings. The Kier molecular flexibility index (Phi) is 2.31. The maximum Gasteiger partial charge on any atom is 0.143 e. The molecule has 0 spiro atoms. The minimum absolute atomic E-state index is 0.394. The van der Waals surface area contributed by atoms with Crippen LogP contribution in [0.25, 0.3) is 98.4 Å². The fourth-order valence-electron chi connectivity index (χ4n) is 5.87. The molecule has 9 aromatic carbocycles. The minimum atomic E-state index is -1.09. The Morgan fingerprint density at radius 3 is 1.62 bits per heavy atom. The number of hydrogen-bond donors (Lipinski definition) is 0. The van der Waals surface area contributed by atoms with Gasteiger partial charge >= 0.3 is 0 Å². The van der Waals surface area contributed by atoms with Crippen LogP contribution in [-0.4, -0.2) is 0 Å². The molecule has 1 heteroatoms. The van der Waals surface area contributed by atoms with Gasteiger partial charge in [0.2, 0.25) is 0 Å². The summed E-state index contributed by atoms with van der Waals surface area (Å²) in [7, 11) is 0. The van der Waals surface area contributed by atoms with Crippen LogP contribution >= 0.6 is 0 Å². The Hall–Kier alpha value is -6.18. The van der Waals surface area contributed by atoms with E-state index in [1.54, 1.807) is 0 Å². The molecular formula is C46H28O. The third-order valence-electron chi connectivity index (χ3n) is 7.81. The van der Waals surface area contributed by atoms with Crippen LogP contribution in [0, 0.1) is 0 Å². The van der Waals surface area contributed by atoms with E-state index in [0.717, 1.165) is 0 Å². The van der Waals surface area contributed by atoms with Crippen LogP contribution in [0.3, 0.4) is 0 Å². The Morgan fingerprint density at radius 1 is 0.362 bits per heavy atom. The van der Waals surface area contributed by atoms with E-state index in [4.69, 9.17) is 29.1 Å². The van der Waals surface area contributed by atoms with E-state index in [1.165, 1.54) is 0 Å². The van der Waals surface area contributed by atoms with Crippen molar-refractivity contribution in [2.45, 2.75) is 0 Å². The molecule has 0 atom stereocenters. The van der Waals surface area contributed by atoms with Crippen molar-refractivity contribution < 1.29 is 42.8 Å². The minimum Gasteiger partial charge on any atom is -0.455 e. The lowest BCUT2D eigenvalue weighted by Crippen LogP contribution is -1.92. The Morgan fingerprint density at radius 2 is 0.872 bits per heavy atom. The average molecular weight is 625 g/mol. The third-order valence-corrected chi connectivity index (χ3v) is 7.81. The van der Waals surface area contributed by atoms with Crippen LogP contribution in [0.1, 0.15) is 38.4 Å². The van der Waals surface area contributed by atoms with E-state index in [0.29, 0.717) is 0 Å². The van der Waals surface area contributed by atoms with Gasteiger partial charge in [0.05, 0.1) is 38.4 Å². The van der Waals surface area contributed by atoms with Gasteiger partial charge in [0.25, 0.3) is 0 Å². The number of fused-ring (bicyclic) bond motifs is 8. The molecule has 0 unspecified atom stereocenters. The molecule has 0 saturated carbocycles. The van der Waals surface area contributed by atoms with Gasteiger partial charge in [-0.2, -0.15) is 0 Å². The van der Waals surface area contributed by atoms with Gasteiger partial charge in [-0.05, 0) is 83.0 Å². The molecule has 0 bridgehead atoms. The summed E-state index contributed by atoms with van der Waals surface area (Å²) < 4.78 is 258. The monoisotopic (exact) mass is 624 g/mol. The van der Waals surface area contributed by atoms with Gasteiger partial charge in [-0.3, -0.25) is 0 Å². The van der Waals surface area contributed by atoms with Crippen molar-refractivity contribution in [3.8, 4) is 33.4 Å². The SMILES string of the molecule is [2H]c1c([2H])c(-c2c([2H])c([2H])c([2H])c3c2oc2c([2H])c([2H])c4c([2H])c([2H])c([2H])c([2H])c4c23)c([2H])c(-c2c3c([2H])c([2H])c([2H])c([2H])c3c(-c3c([2H])c([2H])c([2H])c4c([2H])c([2H])c([2H])c([2H])c34)c3c([2H])c([2H])c([2H])c([2H])c23)c1[2H].